The van der Waals surface area contributed by atoms with Gasteiger partial charge in [0, 0.05) is 19.1 Å². The highest BCUT2D eigenvalue weighted by Crippen LogP contribution is 2.17. The molecule has 2 unspecified atom stereocenters. The van der Waals surface area contributed by atoms with Gasteiger partial charge in [0.1, 0.15) is 0 Å². The van der Waals surface area contributed by atoms with Crippen LogP contribution in [0.3, 0.4) is 0 Å². The van der Waals surface area contributed by atoms with Crippen LogP contribution in [0.2, 0.25) is 0 Å². The first kappa shape index (κ1) is 18.0. The van der Waals surface area contributed by atoms with Crippen molar-refractivity contribution >= 4 is 0 Å². The monoisotopic (exact) mass is 255 g/mol. The molecule has 0 aromatic heterocycles. The summed E-state index contributed by atoms with van der Waals surface area (Å²) < 4.78 is 0. The maximum Gasteiger partial charge on any atom is 0.00670 e. The van der Waals surface area contributed by atoms with E-state index >= 15 is 0 Å². The minimum atomic E-state index is 0.758. The Morgan fingerprint density at radius 3 is 1.39 bits per heavy atom. The summed E-state index contributed by atoms with van der Waals surface area (Å²) in [5.74, 6) is 1.70. The molecule has 1 nitrogen and oxygen atoms in total. The normalized spacial score (nSPS) is 16.8. The van der Waals surface area contributed by atoms with E-state index in [2.05, 4.69) is 46.4 Å². The van der Waals surface area contributed by atoms with Crippen LogP contribution in [0.5, 0.6) is 0 Å². The highest BCUT2D eigenvalue weighted by atomic mass is 15.2. The molecule has 0 aromatic rings. The molecule has 0 aromatic carbocycles. The van der Waals surface area contributed by atoms with Crippen LogP contribution in [0.15, 0.2) is 0 Å². The smallest absolute Gasteiger partial charge is 0.00670 e. The van der Waals surface area contributed by atoms with Crippen molar-refractivity contribution in [1.29, 1.82) is 0 Å². The first-order valence-corrected chi connectivity index (χ1v) is 8.29. The summed E-state index contributed by atoms with van der Waals surface area (Å²) in [6, 6.07) is 0.758. The van der Waals surface area contributed by atoms with Crippen LogP contribution < -0.4 is 0 Å². The molecule has 0 aliphatic heterocycles. The minimum Gasteiger partial charge on any atom is -0.300 e. The summed E-state index contributed by atoms with van der Waals surface area (Å²) in [4.78, 5) is 2.75. The van der Waals surface area contributed by atoms with Gasteiger partial charge in [0.25, 0.3) is 0 Å². The molecule has 0 fully saturated rings. The molecule has 0 heterocycles. The molecule has 0 amide bonds. The maximum atomic E-state index is 2.75. The standard InChI is InChI=1S/C17H37N/c1-7-10-15(4)13-18(17(6)12-9-3)14-16(5)11-8-2/h15-17H,7-14H2,1-6H3/t15?,16?,17-/m1/s1. The number of hydrogen-bond donors (Lipinski definition) is 0. The number of rotatable bonds is 11. The van der Waals surface area contributed by atoms with Crippen LogP contribution in [0, 0.1) is 11.8 Å². The molecule has 0 aliphatic carbocycles. The van der Waals surface area contributed by atoms with Gasteiger partial charge >= 0.3 is 0 Å². The summed E-state index contributed by atoms with van der Waals surface area (Å²) in [6.45, 7) is 16.7. The molecule has 0 aliphatic rings. The van der Waals surface area contributed by atoms with Crippen LogP contribution >= 0.6 is 0 Å². The van der Waals surface area contributed by atoms with Crippen LogP contribution in [0.4, 0.5) is 0 Å². The Labute approximate surface area is 116 Å². The van der Waals surface area contributed by atoms with Crippen LogP contribution in [-0.2, 0) is 0 Å². The van der Waals surface area contributed by atoms with E-state index in [1.54, 1.807) is 0 Å². The zero-order valence-electron chi connectivity index (χ0n) is 13.8. The van der Waals surface area contributed by atoms with Crippen molar-refractivity contribution in [2.45, 2.75) is 86.1 Å². The van der Waals surface area contributed by atoms with Gasteiger partial charge in [0.05, 0.1) is 0 Å². The fraction of sp³-hybridized carbons (Fsp3) is 1.00. The van der Waals surface area contributed by atoms with E-state index in [4.69, 9.17) is 0 Å². The van der Waals surface area contributed by atoms with Crippen molar-refractivity contribution in [3.63, 3.8) is 0 Å². The van der Waals surface area contributed by atoms with E-state index in [0.29, 0.717) is 0 Å². The van der Waals surface area contributed by atoms with E-state index in [1.165, 1.54) is 51.6 Å². The second-order valence-corrected chi connectivity index (χ2v) is 6.38. The zero-order chi connectivity index (χ0) is 14.0. The van der Waals surface area contributed by atoms with Crippen LogP contribution in [-0.4, -0.2) is 24.0 Å². The molecule has 3 atom stereocenters. The molecule has 0 spiro atoms. The van der Waals surface area contributed by atoms with E-state index in [0.717, 1.165) is 17.9 Å². The van der Waals surface area contributed by atoms with Crippen molar-refractivity contribution in [1.82, 2.24) is 4.90 Å². The molecular formula is C17H37N. The lowest BCUT2D eigenvalue weighted by molar-refractivity contribution is 0.145. The summed E-state index contributed by atoms with van der Waals surface area (Å²) in [6.07, 6.45) is 8.04. The lowest BCUT2D eigenvalue weighted by Gasteiger charge is -2.33. The molecular weight excluding hydrogens is 218 g/mol. The average molecular weight is 255 g/mol. The SMILES string of the molecule is CCCC(C)CN(CC(C)CCC)[C@H](C)CCC. The predicted octanol–water partition coefficient (Wildman–Crippen LogP) is 5.35. The lowest BCUT2D eigenvalue weighted by atomic mass is 10.00. The van der Waals surface area contributed by atoms with Crippen molar-refractivity contribution in [3.05, 3.63) is 0 Å². The largest absolute Gasteiger partial charge is 0.300 e. The van der Waals surface area contributed by atoms with E-state index in [1.807, 2.05) is 0 Å². The highest BCUT2D eigenvalue weighted by molar-refractivity contribution is 4.72. The third-order valence-electron chi connectivity index (χ3n) is 3.99. The van der Waals surface area contributed by atoms with Crippen molar-refractivity contribution < 1.29 is 0 Å². The van der Waals surface area contributed by atoms with Gasteiger partial charge in [-0.2, -0.15) is 0 Å². The Morgan fingerprint density at radius 2 is 1.06 bits per heavy atom. The Hall–Kier alpha value is -0.0400. The summed E-state index contributed by atoms with van der Waals surface area (Å²) in [5, 5.41) is 0. The molecule has 0 saturated heterocycles. The maximum absolute atomic E-state index is 2.75. The van der Waals surface area contributed by atoms with Gasteiger partial charge in [-0.1, -0.05) is 53.9 Å². The third-order valence-corrected chi connectivity index (χ3v) is 3.99. The van der Waals surface area contributed by atoms with E-state index < -0.39 is 0 Å². The van der Waals surface area contributed by atoms with E-state index in [9.17, 15) is 0 Å². The highest BCUT2D eigenvalue weighted by Gasteiger charge is 2.18. The molecule has 0 N–H and O–H groups in total. The van der Waals surface area contributed by atoms with Crippen molar-refractivity contribution in [2.75, 3.05) is 13.1 Å². The number of hydrogen-bond acceptors (Lipinski definition) is 1. The second-order valence-electron chi connectivity index (χ2n) is 6.38. The Kier molecular flexibility index (Phi) is 10.8. The number of nitrogens with zero attached hydrogens (tertiary/aromatic N) is 1. The van der Waals surface area contributed by atoms with E-state index in [-0.39, 0.29) is 0 Å². The first-order chi connectivity index (χ1) is 8.54. The summed E-state index contributed by atoms with van der Waals surface area (Å²) >= 11 is 0. The third kappa shape index (κ3) is 8.13. The molecule has 0 rings (SSSR count). The quantitative estimate of drug-likeness (QED) is 0.481. The van der Waals surface area contributed by atoms with Gasteiger partial charge in [-0.05, 0) is 38.0 Å². The minimum absolute atomic E-state index is 0.758. The van der Waals surface area contributed by atoms with Crippen LogP contribution in [0.1, 0.15) is 80.1 Å². The van der Waals surface area contributed by atoms with Gasteiger partial charge in [-0.3, -0.25) is 0 Å². The van der Waals surface area contributed by atoms with Gasteiger partial charge in [0.15, 0.2) is 0 Å². The van der Waals surface area contributed by atoms with Gasteiger partial charge < -0.3 is 4.90 Å². The Morgan fingerprint density at radius 1 is 0.667 bits per heavy atom. The molecule has 0 saturated carbocycles. The predicted molar refractivity (Wildman–Crippen MR) is 84.1 cm³/mol. The lowest BCUT2D eigenvalue weighted by Crippen LogP contribution is -2.39. The Balaban J connectivity index is 4.31. The van der Waals surface area contributed by atoms with Crippen LogP contribution in [0.25, 0.3) is 0 Å². The fourth-order valence-corrected chi connectivity index (χ4v) is 3.00. The molecule has 0 radical (unpaired) electrons. The van der Waals surface area contributed by atoms with Crippen molar-refractivity contribution in [2.24, 2.45) is 11.8 Å². The topological polar surface area (TPSA) is 3.24 Å². The Bertz CT molecular complexity index is 164. The molecule has 1 heteroatoms. The zero-order valence-corrected chi connectivity index (χ0v) is 13.8. The molecule has 110 valence electrons. The molecule has 0 bridgehead atoms. The molecule has 18 heavy (non-hydrogen) atoms. The summed E-state index contributed by atoms with van der Waals surface area (Å²) in [7, 11) is 0. The van der Waals surface area contributed by atoms with Gasteiger partial charge in [-0.15, -0.1) is 0 Å². The first-order valence-electron chi connectivity index (χ1n) is 8.29. The van der Waals surface area contributed by atoms with Crippen molar-refractivity contribution in [3.8, 4) is 0 Å². The average Bonchev–Trinajstić information content (AvgIpc) is 2.29. The van der Waals surface area contributed by atoms with Gasteiger partial charge in [0.2, 0.25) is 0 Å². The summed E-state index contributed by atoms with van der Waals surface area (Å²) in [5.41, 5.74) is 0. The fourth-order valence-electron chi connectivity index (χ4n) is 3.00. The second kappa shape index (κ2) is 10.8. The van der Waals surface area contributed by atoms with Gasteiger partial charge in [-0.25, -0.2) is 0 Å².